The van der Waals surface area contributed by atoms with Crippen LogP contribution in [0.5, 0.6) is 5.75 Å². The summed E-state index contributed by atoms with van der Waals surface area (Å²) < 4.78 is 0. The second-order valence-electron chi connectivity index (χ2n) is 4.70. The molecule has 2 aromatic rings. The average molecular weight is 238 g/mol. The summed E-state index contributed by atoms with van der Waals surface area (Å²) in [5, 5.41) is 9.91. The summed E-state index contributed by atoms with van der Waals surface area (Å²) >= 11 is 0. The minimum absolute atomic E-state index is 0.336. The first-order chi connectivity index (χ1) is 8.58. The van der Waals surface area contributed by atoms with Gasteiger partial charge in [0.25, 0.3) is 0 Å². The van der Waals surface area contributed by atoms with Gasteiger partial charge in [0.05, 0.1) is 0 Å². The summed E-state index contributed by atoms with van der Waals surface area (Å²) in [6.07, 6.45) is 2.11. The van der Waals surface area contributed by atoms with Crippen LogP contribution in [0.15, 0.2) is 42.5 Å². The Bertz CT molecular complexity index is 594. The quantitative estimate of drug-likeness (QED) is 0.760. The predicted molar refractivity (Wildman–Crippen MR) is 77.6 cm³/mol. The van der Waals surface area contributed by atoms with E-state index in [1.54, 1.807) is 6.07 Å². The third-order valence-corrected chi connectivity index (χ3v) is 3.14. The zero-order valence-electron chi connectivity index (χ0n) is 11.1. The van der Waals surface area contributed by atoms with Crippen molar-refractivity contribution in [3.8, 4) is 5.75 Å². The number of hydrogen-bond donors (Lipinski definition) is 1. The lowest BCUT2D eigenvalue weighted by atomic mass is 9.99. The summed E-state index contributed by atoms with van der Waals surface area (Å²) in [7, 11) is 0. The van der Waals surface area contributed by atoms with Gasteiger partial charge < -0.3 is 5.11 Å². The lowest BCUT2D eigenvalue weighted by Crippen LogP contribution is -1.85. The molecule has 2 rings (SSSR count). The second-order valence-corrected chi connectivity index (χ2v) is 4.70. The fourth-order valence-corrected chi connectivity index (χ4v) is 2.03. The SMILES string of the molecule is C/C(=C\c1ccccc1C)c1cc(C)ccc1O. The topological polar surface area (TPSA) is 20.2 Å². The van der Waals surface area contributed by atoms with Gasteiger partial charge in [-0.3, -0.25) is 0 Å². The monoisotopic (exact) mass is 238 g/mol. The summed E-state index contributed by atoms with van der Waals surface area (Å²) in [5.74, 6) is 0.336. The molecule has 0 bridgehead atoms. The van der Waals surface area contributed by atoms with E-state index in [0.29, 0.717) is 5.75 Å². The van der Waals surface area contributed by atoms with Crippen molar-refractivity contribution in [1.29, 1.82) is 0 Å². The lowest BCUT2D eigenvalue weighted by molar-refractivity contribution is 0.473. The number of hydrogen-bond acceptors (Lipinski definition) is 1. The maximum atomic E-state index is 9.91. The van der Waals surface area contributed by atoms with Crippen molar-refractivity contribution in [2.24, 2.45) is 0 Å². The van der Waals surface area contributed by atoms with Crippen LogP contribution in [0.3, 0.4) is 0 Å². The molecule has 1 N–H and O–H groups in total. The van der Waals surface area contributed by atoms with Gasteiger partial charge >= 0.3 is 0 Å². The first-order valence-corrected chi connectivity index (χ1v) is 6.12. The molecular formula is C17H18O. The van der Waals surface area contributed by atoms with Gasteiger partial charge in [-0.05, 0) is 49.6 Å². The maximum Gasteiger partial charge on any atom is 0.123 e. The molecule has 0 aliphatic carbocycles. The van der Waals surface area contributed by atoms with Crippen molar-refractivity contribution in [2.45, 2.75) is 20.8 Å². The number of allylic oxidation sites excluding steroid dienone is 1. The van der Waals surface area contributed by atoms with E-state index in [0.717, 1.165) is 16.7 Å². The molecule has 1 nitrogen and oxygen atoms in total. The molecule has 0 heterocycles. The van der Waals surface area contributed by atoms with Gasteiger partial charge in [-0.25, -0.2) is 0 Å². The normalized spacial score (nSPS) is 11.6. The van der Waals surface area contributed by atoms with Gasteiger partial charge in [-0.15, -0.1) is 0 Å². The van der Waals surface area contributed by atoms with E-state index < -0.39 is 0 Å². The van der Waals surface area contributed by atoms with Crippen LogP contribution in [0.1, 0.15) is 29.2 Å². The van der Waals surface area contributed by atoms with Crippen molar-refractivity contribution in [3.63, 3.8) is 0 Å². The van der Waals surface area contributed by atoms with E-state index in [1.807, 2.05) is 38.1 Å². The minimum atomic E-state index is 0.336. The Morgan fingerprint density at radius 1 is 1.06 bits per heavy atom. The fourth-order valence-electron chi connectivity index (χ4n) is 2.03. The number of phenolic OH excluding ortho intramolecular Hbond substituents is 1. The van der Waals surface area contributed by atoms with Gasteiger partial charge in [0.1, 0.15) is 5.75 Å². The van der Waals surface area contributed by atoms with Gasteiger partial charge in [0.2, 0.25) is 0 Å². The molecule has 92 valence electrons. The predicted octanol–water partition coefficient (Wildman–Crippen LogP) is 4.57. The molecule has 0 unspecified atom stereocenters. The summed E-state index contributed by atoms with van der Waals surface area (Å²) in [4.78, 5) is 0. The molecule has 0 aromatic heterocycles. The zero-order chi connectivity index (χ0) is 13.1. The fraction of sp³-hybridized carbons (Fsp3) is 0.176. The van der Waals surface area contributed by atoms with Gasteiger partial charge in [0.15, 0.2) is 0 Å². The highest BCUT2D eigenvalue weighted by molar-refractivity contribution is 5.83. The number of aromatic hydroxyl groups is 1. The number of rotatable bonds is 2. The Morgan fingerprint density at radius 2 is 1.78 bits per heavy atom. The maximum absolute atomic E-state index is 9.91. The third-order valence-electron chi connectivity index (χ3n) is 3.14. The smallest absolute Gasteiger partial charge is 0.123 e. The molecule has 0 saturated heterocycles. The van der Waals surface area contributed by atoms with E-state index in [9.17, 15) is 5.11 Å². The highest BCUT2D eigenvalue weighted by atomic mass is 16.3. The van der Waals surface area contributed by atoms with E-state index in [2.05, 4.69) is 25.1 Å². The number of phenols is 1. The highest BCUT2D eigenvalue weighted by Crippen LogP contribution is 2.27. The third kappa shape index (κ3) is 2.62. The van der Waals surface area contributed by atoms with E-state index in [-0.39, 0.29) is 0 Å². The van der Waals surface area contributed by atoms with Gasteiger partial charge in [-0.2, -0.15) is 0 Å². The van der Waals surface area contributed by atoms with E-state index in [4.69, 9.17) is 0 Å². The van der Waals surface area contributed by atoms with Crippen molar-refractivity contribution in [2.75, 3.05) is 0 Å². The van der Waals surface area contributed by atoms with Crippen LogP contribution in [0, 0.1) is 13.8 Å². The number of benzene rings is 2. The second kappa shape index (κ2) is 5.09. The van der Waals surface area contributed by atoms with Gasteiger partial charge in [-0.1, -0.05) is 42.0 Å². The molecule has 2 aromatic carbocycles. The Balaban J connectivity index is 2.45. The van der Waals surface area contributed by atoms with Crippen LogP contribution >= 0.6 is 0 Å². The van der Waals surface area contributed by atoms with Crippen molar-refractivity contribution >= 4 is 11.6 Å². The highest BCUT2D eigenvalue weighted by Gasteiger charge is 2.04. The molecule has 18 heavy (non-hydrogen) atoms. The number of aryl methyl sites for hydroxylation is 2. The van der Waals surface area contributed by atoms with E-state index >= 15 is 0 Å². The van der Waals surface area contributed by atoms with Crippen LogP contribution < -0.4 is 0 Å². The van der Waals surface area contributed by atoms with Crippen molar-refractivity contribution < 1.29 is 5.11 Å². The molecule has 0 atom stereocenters. The van der Waals surface area contributed by atoms with Gasteiger partial charge in [0, 0.05) is 5.56 Å². The molecule has 1 heteroatoms. The van der Waals surface area contributed by atoms with Crippen molar-refractivity contribution in [1.82, 2.24) is 0 Å². The Hall–Kier alpha value is -2.02. The minimum Gasteiger partial charge on any atom is -0.507 e. The van der Waals surface area contributed by atoms with E-state index in [1.165, 1.54) is 11.1 Å². The molecule has 0 aliphatic rings. The lowest BCUT2D eigenvalue weighted by Gasteiger charge is -2.07. The molecule has 0 radical (unpaired) electrons. The Kier molecular flexibility index (Phi) is 3.52. The van der Waals surface area contributed by atoms with Crippen LogP contribution in [0.25, 0.3) is 11.6 Å². The molecule has 0 fully saturated rings. The Morgan fingerprint density at radius 3 is 2.50 bits per heavy atom. The Labute approximate surface area is 108 Å². The first-order valence-electron chi connectivity index (χ1n) is 6.12. The molecule has 0 spiro atoms. The van der Waals surface area contributed by atoms with Crippen LogP contribution in [-0.4, -0.2) is 5.11 Å². The summed E-state index contributed by atoms with van der Waals surface area (Å²) in [6.45, 7) is 6.15. The standard InChI is InChI=1S/C17H18O/c1-12-8-9-17(18)16(10-12)14(3)11-15-7-5-4-6-13(15)2/h4-11,18H,1-3H3/b14-11+. The molecule has 0 aliphatic heterocycles. The molecular weight excluding hydrogens is 220 g/mol. The largest absolute Gasteiger partial charge is 0.507 e. The van der Waals surface area contributed by atoms with Crippen LogP contribution in [0.4, 0.5) is 0 Å². The summed E-state index contributed by atoms with van der Waals surface area (Å²) in [5.41, 5.74) is 5.56. The average Bonchev–Trinajstić information content (AvgIpc) is 2.35. The zero-order valence-corrected chi connectivity index (χ0v) is 11.1. The molecule has 0 amide bonds. The van der Waals surface area contributed by atoms with Crippen LogP contribution in [0.2, 0.25) is 0 Å². The van der Waals surface area contributed by atoms with Crippen LogP contribution in [-0.2, 0) is 0 Å². The first kappa shape index (κ1) is 12.4. The van der Waals surface area contributed by atoms with Crippen molar-refractivity contribution in [3.05, 3.63) is 64.7 Å². The summed E-state index contributed by atoms with van der Waals surface area (Å²) in [6, 6.07) is 13.9. The molecule has 0 saturated carbocycles.